The van der Waals surface area contributed by atoms with E-state index in [1.165, 1.54) is 28.4 Å². The lowest BCUT2D eigenvalue weighted by Gasteiger charge is -2.09. The number of carbonyl (C=O) groups is 1. The fraction of sp³-hybridized carbons (Fsp3) is 0.412. The highest BCUT2D eigenvalue weighted by Crippen LogP contribution is 2.23. The van der Waals surface area contributed by atoms with Crippen molar-refractivity contribution in [2.75, 3.05) is 27.3 Å². The Balaban J connectivity index is 2.55. The standard InChI is InChI=1S/C17H22FN3O3S/c1-5-24-12-6-7-14(13(18)10-12)19-17-21(8-9-22)11(2)15(25-17)16(23)20(3)4/h6-7,10,22H,5,8-9H2,1-4H3/b19-17-. The van der Waals surface area contributed by atoms with Gasteiger partial charge in [-0.25, -0.2) is 9.38 Å². The van der Waals surface area contributed by atoms with Gasteiger partial charge in [0.15, 0.2) is 10.6 Å². The Labute approximate surface area is 149 Å². The van der Waals surface area contributed by atoms with Crippen LogP contribution < -0.4 is 9.54 Å². The average molecular weight is 367 g/mol. The van der Waals surface area contributed by atoms with E-state index in [2.05, 4.69) is 4.99 Å². The Morgan fingerprint density at radius 2 is 2.16 bits per heavy atom. The van der Waals surface area contributed by atoms with E-state index in [-0.39, 0.29) is 24.7 Å². The highest BCUT2D eigenvalue weighted by Gasteiger charge is 2.18. The smallest absolute Gasteiger partial charge is 0.265 e. The van der Waals surface area contributed by atoms with Crippen molar-refractivity contribution in [2.24, 2.45) is 4.99 Å². The van der Waals surface area contributed by atoms with Crippen molar-refractivity contribution in [2.45, 2.75) is 20.4 Å². The molecule has 2 aromatic rings. The Hall–Kier alpha value is -2.19. The predicted molar refractivity (Wildman–Crippen MR) is 94.9 cm³/mol. The number of hydrogen-bond acceptors (Lipinski definition) is 5. The maximum atomic E-state index is 14.3. The zero-order chi connectivity index (χ0) is 18.6. The summed E-state index contributed by atoms with van der Waals surface area (Å²) >= 11 is 1.18. The highest BCUT2D eigenvalue weighted by molar-refractivity contribution is 7.11. The molecular formula is C17H22FN3O3S. The number of aliphatic hydroxyl groups excluding tert-OH is 1. The van der Waals surface area contributed by atoms with E-state index >= 15 is 0 Å². The van der Waals surface area contributed by atoms with Crippen LogP contribution in [-0.4, -0.2) is 47.8 Å². The van der Waals surface area contributed by atoms with E-state index in [1.54, 1.807) is 31.7 Å². The normalized spacial score (nSPS) is 11.7. The fourth-order valence-electron chi connectivity index (χ4n) is 2.27. The summed E-state index contributed by atoms with van der Waals surface area (Å²) in [6, 6.07) is 4.46. The van der Waals surface area contributed by atoms with Gasteiger partial charge < -0.3 is 19.3 Å². The van der Waals surface area contributed by atoms with E-state index in [9.17, 15) is 14.3 Å². The zero-order valence-electron chi connectivity index (χ0n) is 14.7. The minimum absolute atomic E-state index is 0.105. The molecule has 0 aliphatic heterocycles. The van der Waals surface area contributed by atoms with Crippen LogP contribution in [0, 0.1) is 12.7 Å². The number of benzene rings is 1. The van der Waals surface area contributed by atoms with Crippen LogP contribution >= 0.6 is 11.3 Å². The van der Waals surface area contributed by atoms with Gasteiger partial charge in [0.05, 0.1) is 13.2 Å². The molecule has 1 N–H and O–H groups in total. The number of halogens is 1. The van der Waals surface area contributed by atoms with Crippen molar-refractivity contribution >= 4 is 22.9 Å². The zero-order valence-corrected chi connectivity index (χ0v) is 15.6. The summed E-state index contributed by atoms with van der Waals surface area (Å²) in [6.07, 6.45) is 0. The van der Waals surface area contributed by atoms with Crippen molar-refractivity contribution in [3.05, 3.63) is 39.4 Å². The molecule has 1 aromatic carbocycles. The van der Waals surface area contributed by atoms with E-state index < -0.39 is 5.82 Å². The number of aromatic nitrogens is 1. The average Bonchev–Trinajstić information content (AvgIpc) is 2.86. The van der Waals surface area contributed by atoms with Crippen LogP contribution in [0.3, 0.4) is 0 Å². The van der Waals surface area contributed by atoms with Gasteiger partial charge in [0.25, 0.3) is 5.91 Å². The van der Waals surface area contributed by atoms with Crippen molar-refractivity contribution in [1.82, 2.24) is 9.47 Å². The second-order valence-electron chi connectivity index (χ2n) is 5.53. The second kappa shape index (κ2) is 8.26. The molecule has 0 bridgehead atoms. The summed E-state index contributed by atoms with van der Waals surface area (Å²) in [5.41, 5.74) is 0.850. The van der Waals surface area contributed by atoms with Crippen LogP contribution in [0.1, 0.15) is 22.3 Å². The van der Waals surface area contributed by atoms with Gasteiger partial charge in [0, 0.05) is 32.4 Å². The molecule has 0 radical (unpaired) electrons. The fourth-order valence-corrected chi connectivity index (χ4v) is 3.46. The Kier molecular flexibility index (Phi) is 6.33. The van der Waals surface area contributed by atoms with Gasteiger partial charge in [0.1, 0.15) is 16.3 Å². The number of amides is 1. The number of rotatable bonds is 6. The van der Waals surface area contributed by atoms with Crippen molar-refractivity contribution < 1.29 is 19.0 Å². The van der Waals surface area contributed by atoms with E-state index in [0.717, 1.165) is 0 Å². The molecule has 0 atom stereocenters. The van der Waals surface area contributed by atoms with Crippen LogP contribution in [0.5, 0.6) is 5.75 Å². The maximum absolute atomic E-state index is 14.3. The molecule has 0 saturated carbocycles. The first-order chi connectivity index (χ1) is 11.9. The van der Waals surface area contributed by atoms with Gasteiger partial charge in [-0.3, -0.25) is 4.79 Å². The van der Waals surface area contributed by atoms with Gasteiger partial charge in [-0.15, -0.1) is 0 Å². The second-order valence-corrected chi connectivity index (χ2v) is 6.51. The highest BCUT2D eigenvalue weighted by atomic mass is 32.1. The minimum atomic E-state index is -0.506. The third-order valence-corrected chi connectivity index (χ3v) is 4.70. The molecule has 0 spiro atoms. The lowest BCUT2D eigenvalue weighted by Crippen LogP contribution is -2.22. The molecular weight excluding hydrogens is 345 g/mol. The summed E-state index contributed by atoms with van der Waals surface area (Å²) in [5, 5.41) is 9.30. The van der Waals surface area contributed by atoms with Crippen LogP contribution in [-0.2, 0) is 6.54 Å². The molecule has 136 valence electrons. The Bertz CT molecular complexity index is 827. The third-order valence-electron chi connectivity index (χ3n) is 3.53. The Morgan fingerprint density at radius 1 is 1.44 bits per heavy atom. The van der Waals surface area contributed by atoms with Gasteiger partial charge in [0.2, 0.25) is 0 Å². The molecule has 0 unspecified atom stereocenters. The first-order valence-electron chi connectivity index (χ1n) is 7.88. The van der Waals surface area contributed by atoms with Crippen LogP contribution in [0.25, 0.3) is 0 Å². The van der Waals surface area contributed by atoms with Gasteiger partial charge >= 0.3 is 0 Å². The number of ether oxygens (including phenoxy) is 1. The molecule has 1 amide bonds. The number of nitrogens with zero attached hydrogens (tertiary/aromatic N) is 3. The first kappa shape index (κ1) is 19.1. The lowest BCUT2D eigenvalue weighted by molar-refractivity contribution is 0.0830. The van der Waals surface area contributed by atoms with Gasteiger partial charge in [-0.05, 0) is 26.0 Å². The van der Waals surface area contributed by atoms with Crippen LogP contribution in [0.15, 0.2) is 23.2 Å². The predicted octanol–water partition coefficient (Wildman–Crippen LogP) is 2.32. The number of carbonyl (C=O) groups excluding carboxylic acids is 1. The van der Waals surface area contributed by atoms with Gasteiger partial charge in [-0.2, -0.15) is 0 Å². The molecule has 25 heavy (non-hydrogen) atoms. The lowest BCUT2D eigenvalue weighted by atomic mass is 10.3. The maximum Gasteiger partial charge on any atom is 0.265 e. The SMILES string of the molecule is CCOc1ccc(/N=c2\sc(C(=O)N(C)C)c(C)n2CCO)c(F)c1. The van der Waals surface area contributed by atoms with Crippen molar-refractivity contribution in [3.8, 4) is 5.75 Å². The molecule has 0 fully saturated rings. The summed E-state index contributed by atoms with van der Waals surface area (Å²) < 4.78 is 21.3. The monoisotopic (exact) mass is 367 g/mol. The molecule has 0 saturated heterocycles. The molecule has 8 heteroatoms. The number of hydrogen-bond donors (Lipinski definition) is 1. The Morgan fingerprint density at radius 3 is 2.72 bits per heavy atom. The molecule has 1 heterocycles. The first-order valence-corrected chi connectivity index (χ1v) is 8.70. The number of aliphatic hydroxyl groups is 1. The summed E-state index contributed by atoms with van der Waals surface area (Å²) in [6.45, 7) is 4.24. The number of thiazole rings is 1. The largest absolute Gasteiger partial charge is 0.494 e. The summed E-state index contributed by atoms with van der Waals surface area (Å²) in [7, 11) is 3.33. The van der Waals surface area contributed by atoms with Crippen LogP contribution in [0.4, 0.5) is 10.1 Å². The minimum Gasteiger partial charge on any atom is -0.494 e. The van der Waals surface area contributed by atoms with Crippen molar-refractivity contribution in [1.29, 1.82) is 0 Å². The molecule has 6 nitrogen and oxygen atoms in total. The summed E-state index contributed by atoms with van der Waals surface area (Å²) in [5.74, 6) is -0.219. The third kappa shape index (κ3) is 4.26. The van der Waals surface area contributed by atoms with E-state index in [0.29, 0.717) is 27.7 Å². The van der Waals surface area contributed by atoms with E-state index in [1.807, 2.05) is 6.92 Å². The molecule has 0 aliphatic rings. The van der Waals surface area contributed by atoms with Gasteiger partial charge in [-0.1, -0.05) is 11.3 Å². The quantitative estimate of drug-likeness (QED) is 0.852. The molecule has 2 rings (SSSR count). The topological polar surface area (TPSA) is 67.1 Å². The van der Waals surface area contributed by atoms with Crippen LogP contribution in [0.2, 0.25) is 0 Å². The molecule has 1 aromatic heterocycles. The molecule has 0 aliphatic carbocycles. The summed E-state index contributed by atoms with van der Waals surface area (Å²) in [4.78, 5) is 19.1. The van der Waals surface area contributed by atoms with E-state index in [4.69, 9.17) is 4.74 Å². The van der Waals surface area contributed by atoms with Crippen molar-refractivity contribution in [3.63, 3.8) is 0 Å².